The number of hydrogen-bond donors (Lipinski definition) is 0. The Kier molecular flexibility index (Phi) is 14.7. The van der Waals surface area contributed by atoms with Gasteiger partial charge in [-0.1, -0.05) is 45.7 Å². The van der Waals surface area contributed by atoms with Gasteiger partial charge in [-0.3, -0.25) is 6.08 Å². The summed E-state index contributed by atoms with van der Waals surface area (Å²) < 4.78 is 0. The van der Waals surface area contributed by atoms with Crippen LogP contribution in [0.4, 0.5) is 0 Å². The van der Waals surface area contributed by atoms with Gasteiger partial charge in [-0.2, -0.15) is 6.08 Å². The molecular weight excluding hydrogens is 346 g/mol. The maximum atomic E-state index is 3.50. The molecule has 6 heteroatoms. The molecule has 0 atom stereocenters. The average molecular weight is 367 g/mol. The minimum atomic E-state index is -1.13. The Morgan fingerprint density at radius 3 is 1.53 bits per heavy atom. The van der Waals surface area contributed by atoms with Gasteiger partial charge in [0.15, 0.2) is 0 Å². The number of allylic oxidation sites excluding steroid dienone is 4. The van der Waals surface area contributed by atoms with Crippen LogP contribution in [0.5, 0.6) is 0 Å². The number of halogens is 3. The van der Waals surface area contributed by atoms with Gasteiger partial charge >= 0.3 is 18.6 Å². The van der Waals surface area contributed by atoms with Gasteiger partial charge in [0.1, 0.15) is 0 Å². The summed E-state index contributed by atoms with van der Waals surface area (Å²) in [5.41, 5.74) is 0. The molecule has 99 valence electrons. The molecule has 0 bridgehead atoms. The van der Waals surface area contributed by atoms with Gasteiger partial charge in [0, 0.05) is 8.07 Å². The van der Waals surface area contributed by atoms with Crippen molar-refractivity contribution >= 4 is 16.1 Å². The number of rotatable bonds is 2. The van der Waals surface area contributed by atoms with E-state index in [-0.39, 0.29) is 55.8 Å². The first-order valence-corrected chi connectivity index (χ1v) is 12.1. The first-order valence-electron chi connectivity index (χ1n) is 5.05. The van der Waals surface area contributed by atoms with E-state index < -0.39 is 16.1 Å². The third kappa shape index (κ3) is 7.51. The predicted octanol–water partition coefficient (Wildman–Crippen LogP) is -5.19. The second-order valence-electron chi connectivity index (χ2n) is 5.91. The fourth-order valence-electron chi connectivity index (χ4n) is 1.79. The van der Waals surface area contributed by atoms with Gasteiger partial charge in [-0.25, -0.2) is 10.4 Å². The summed E-state index contributed by atoms with van der Waals surface area (Å²) >= 11 is 0. The van der Waals surface area contributed by atoms with Crippen molar-refractivity contribution in [2.24, 2.45) is 0 Å². The summed E-state index contributed by atoms with van der Waals surface area (Å²) in [6.07, 6.45) is 6.93. The molecule has 0 saturated heterocycles. The molecule has 1 aliphatic carbocycles. The van der Waals surface area contributed by atoms with Crippen LogP contribution < -0.4 is 37.2 Å². The zero-order valence-corrected chi connectivity index (χ0v) is 17.0. The topological polar surface area (TPSA) is 0 Å². The van der Waals surface area contributed by atoms with E-state index >= 15 is 0 Å². The Balaban J connectivity index is -0.000000211. The standard InChI is InChI=1S/C11H21Si2.3ClH.V/c1-12(2,3)10-8-7-9-11(10)13(4,5)6;;;;/h7H,8H2,1-6H3;3*1H;/q-1;;;;+4/p-3. The second kappa shape index (κ2) is 9.30. The summed E-state index contributed by atoms with van der Waals surface area (Å²) in [6, 6.07) is 0. The summed E-state index contributed by atoms with van der Waals surface area (Å²) in [4.78, 5) is 0. The Morgan fingerprint density at radius 1 is 0.882 bits per heavy atom. The Bertz CT molecular complexity index is 275. The first kappa shape index (κ1) is 26.8. The van der Waals surface area contributed by atoms with Crippen LogP contribution in [0.25, 0.3) is 0 Å². The molecule has 0 N–H and O–H groups in total. The Labute approximate surface area is 139 Å². The zero-order valence-electron chi connectivity index (χ0n) is 11.4. The molecule has 0 aromatic carbocycles. The summed E-state index contributed by atoms with van der Waals surface area (Å²) in [5.74, 6) is 0. The maximum Gasteiger partial charge on any atom is 4.00 e. The smallest absolute Gasteiger partial charge is 1.00 e. The summed E-state index contributed by atoms with van der Waals surface area (Å²) in [6.45, 7) is 14.6. The van der Waals surface area contributed by atoms with Crippen molar-refractivity contribution in [2.45, 2.75) is 45.7 Å². The largest absolute Gasteiger partial charge is 4.00 e. The molecule has 0 heterocycles. The van der Waals surface area contributed by atoms with Gasteiger partial charge in [0.2, 0.25) is 0 Å². The van der Waals surface area contributed by atoms with Crippen molar-refractivity contribution < 1.29 is 55.8 Å². The molecule has 0 amide bonds. The van der Waals surface area contributed by atoms with Crippen LogP contribution in [0, 0.1) is 6.08 Å². The molecule has 0 aromatic rings. The molecule has 0 unspecified atom stereocenters. The molecule has 1 aliphatic rings. The van der Waals surface area contributed by atoms with Crippen LogP contribution in [0.2, 0.25) is 39.3 Å². The van der Waals surface area contributed by atoms with Crippen LogP contribution in [0.15, 0.2) is 16.5 Å². The van der Waals surface area contributed by atoms with Crippen LogP contribution in [0.3, 0.4) is 0 Å². The molecule has 0 aliphatic heterocycles. The second-order valence-corrected chi connectivity index (χ2v) is 16.0. The normalized spacial score (nSPS) is 14.2. The van der Waals surface area contributed by atoms with Gasteiger partial charge in [0.25, 0.3) is 0 Å². The van der Waals surface area contributed by atoms with Gasteiger partial charge in [-0.15, -0.1) is 0 Å². The van der Waals surface area contributed by atoms with Crippen molar-refractivity contribution in [2.75, 3.05) is 0 Å². The van der Waals surface area contributed by atoms with Crippen molar-refractivity contribution in [3.8, 4) is 0 Å². The fraction of sp³-hybridized carbons (Fsp3) is 0.636. The van der Waals surface area contributed by atoms with Crippen molar-refractivity contribution in [3.63, 3.8) is 0 Å². The number of hydrogen-bond acceptors (Lipinski definition) is 0. The van der Waals surface area contributed by atoms with Crippen LogP contribution in [0.1, 0.15) is 6.42 Å². The van der Waals surface area contributed by atoms with Crippen LogP contribution in [-0.2, 0) is 18.6 Å². The third-order valence-corrected chi connectivity index (χ3v) is 6.97. The van der Waals surface area contributed by atoms with E-state index in [0.29, 0.717) is 0 Å². The van der Waals surface area contributed by atoms with Gasteiger partial charge in [0.05, 0.1) is 0 Å². The minimum absolute atomic E-state index is 0. The van der Waals surface area contributed by atoms with E-state index in [9.17, 15) is 0 Å². The van der Waals surface area contributed by atoms with Gasteiger partial charge in [-0.05, 0) is 8.07 Å². The predicted molar refractivity (Wildman–Crippen MR) is 66.1 cm³/mol. The third-order valence-electron chi connectivity index (χ3n) is 2.51. The van der Waals surface area contributed by atoms with E-state index in [0.717, 1.165) is 0 Å². The SMILES string of the molecule is C[Si](C)(C)C1=C([Si](C)(C)C)CC=[C-]1.[Cl-].[Cl-].[Cl-].[V+4]. The molecular formula is C11H21Cl3Si2V. The quantitative estimate of drug-likeness (QED) is 0.339. The zero-order chi connectivity index (χ0) is 10.3. The van der Waals surface area contributed by atoms with Crippen molar-refractivity contribution in [3.05, 3.63) is 22.5 Å². The molecule has 17 heavy (non-hydrogen) atoms. The van der Waals surface area contributed by atoms with Crippen molar-refractivity contribution in [1.29, 1.82) is 0 Å². The molecule has 0 spiro atoms. The average Bonchev–Trinajstić information content (AvgIpc) is 2.27. The summed E-state index contributed by atoms with van der Waals surface area (Å²) in [5, 5.41) is 3.37. The van der Waals surface area contributed by atoms with Crippen LogP contribution >= 0.6 is 0 Å². The van der Waals surface area contributed by atoms with Crippen molar-refractivity contribution in [1.82, 2.24) is 0 Å². The molecule has 1 rings (SSSR count). The van der Waals surface area contributed by atoms with Crippen LogP contribution in [-0.4, -0.2) is 16.1 Å². The molecule has 0 aromatic heterocycles. The minimum Gasteiger partial charge on any atom is -1.00 e. The summed E-state index contributed by atoms with van der Waals surface area (Å²) in [7, 11) is -2.20. The van der Waals surface area contributed by atoms with E-state index in [1.807, 2.05) is 0 Å². The fourth-order valence-corrected chi connectivity index (χ4v) is 7.12. The van der Waals surface area contributed by atoms with E-state index in [2.05, 4.69) is 51.4 Å². The van der Waals surface area contributed by atoms with Gasteiger partial charge < -0.3 is 37.2 Å². The molecule has 0 saturated carbocycles. The van der Waals surface area contributed by atoms with E-state index in [1.54, 1.807) is 10.4 Å². The monoisotopic (exact) mass is 365 g/mol. The molecule has 1 radical (unpaired) electrons. The molecule has 0 nitrogen and oxygen atoms in total. The van der Waals surface area contributed by atoms with E-state index in [4.69, 9.17) is 0 Å². The maximum absolute atomic E-state index is 3.50. The Morgan fingerprint density at radius 2 is 1.29 bits per heavy atom. The Hall–Kier alpha value is 1.37. The first-order chi connectivity index (χ1) is 5.73. The molecule has 0 fully saturated rings. The van der Waals surface area contributed by atoms with E-state index in [1.165, 1.54) is 6.42 Å².